The zero-order valence-electron chi connectivity index (χ0n) is 18.7. The van der Waals surface area contributed by atoms with E-state index in [0.29, 0.717) is 61.9 Å². The van der Waals surface area contributed by atoms with Gasteiger partial charge in [0.15, 0.2) is 0 Å². The van der Waals surface area contributed by atoms with Gasteiger partial charge in [-0.15, -0.1) is 0 Å². The van der Waals surface area contributed by atoms with Gasteiger partial charge in [0.1, 0.15) is 30.7 Å². The van der Waals surface area contributed by atoms with E-state index in [4.69, 9.17) is 9.84 Å². The van der Waals surface area contributed by atoms with Gasteiger partial charge in [0.05, 0.1) is 38.4 Å². The van der Waals surface area contributed by atoms with Crippen molar-refractivity contribution >= 4 is 29.8 Å². The van der Waals surface area contributed by atoms with Gasteiger partial charge in [0.2, 0.25) is 0 Å². The van der Waals surface area contributed by atoms with Gasteiger partial charge in [-0.25, -0.2) is 19.2 Å². The van der Waals surface area contributed by atoms with E-state index in [2.05, 4.69) is 20.4 Å². The number of amides is 2. The molecule has 1 aromatic heterocycles. The van der Waals surface area contributed by atoms with E-state index in [1.165, 1.54) is 22.3 Å². The van der Waals surface area contributed by atoms with Crippen molar-refractivity contribution in [1.29, 1.82) is 0 Å². The number of carbonyl (C=O) groups is 2. The summed E-state index contributed by atoms with van der Waals surface area (Å²) in [6.45, 7) is 2.24. The lowest BCUT2D eigenvalue weighted by atomic mass is 10.1. The highest BCUT2D eigenvalue weighted by atomic mass is 19.1. The van der Waals surface area contributed by atoms with Gasteiger partial charge in [-0.05, 0) is 30.3 Å². The van der Waals surface area contributed by atoms with Crippen LogP contribution in [0.1, 0.15) is 0 Å². The molecular formula is C22H23FN8O4. The third-order valence-corrected chi connectivity index (χ3v) is 5.86. The van der Waals surface area contributed by atoms with Crippen molar-refractivity contribution in [2.45, 2.75) is 6.10 Å². The fourth-order valence-corrected chi connectivity index (χ4v) is 4.04. The molecule has 2 amide bonds. The number of benzene rings is 1. The number of carbonyl (C=O) groups excluding carboxylic acids is 2. The van der Waals surface area contributed by atoms with Crippen LogP contribution >= 0.6 is 0 Å². The molecule has 1 aromatic carbocycles. The molecule has 182 valence electrons. The van der Waals surface area contributed by atoms with Crippen LogP contribution in [-0.4, -0.2) is 90.4 Å². The van der Waals surface area contributed by atoms with E-state index in [1.54, 1.807) is 40.4 Å². The van der Waals surface area contributed by atoms with Crippen LogP contribution in [0.3, 0.4) is 0 Å². The molecule has 0 aliphatic carbocycles. The number of rotatable bonds is 6. The summed E-state index contributed by atoms with van der Waals surface area (Å²) in [4.78, 5) is 31.4. The number of hydrogen-bond donors (Lipinski definition) is 1. The molecule has 5 rings (SSSR count). The van der Waals surface area contributed by atoms with E-state index in [0.717, 1.165) is 0 Å². The number of hydrazone groups is 1. The number of aromatic nitrogens is 1. The minimum atomic E-state index is -0.598. The molecule has 2 aromatic rings. The predicted molar refractivity (Wildman–Crippen MR) is 123 cm³/mol. The maximum Gasteiger partial charge on any atom is 0.414 e. The Labute approximate surface area is 199 Å². The first-order valence-corrected chi connectivity index (χ1v) is 11.1. The fraction of sp³-hybridized carbons (Fsp3) is 0.364. The first-order valence-electron chi connectivity index (χ1n) is 11.1. The lowest BCUT2D eigenvalue weighted by molar-refractivity contribution is -0.134. The second kappa shape index (κ2) is 9.62. The van der Waals surface area contributed by atoms with Crippen LogP contribution in [0.4, 0.5) is 20.7 Å². The number of cyclic esters (lactones) is 1. The molecular weight excluding hydrogens is 459 g/mol. The second-order valence-electron chi connectivity index (χ2n) is 8.15. The Kier molecular flexibility index (Phi) is 6.23. The summed E-state index contributed by atoms with van der Waals surface area (Å²) in [6, 6.07) is 8.07. The summed E-state index contributed by atoms with van der Waals surface area (Å²) < 4.78 is 20.4. The van der Waals surface area contributed by atoms with E-state index >= 15 is 4.39 Å². The number of halogens is 1. The van der Waals surface area contributed by atoms with Gasteiger partial charge in [-0.3, -0.25) is 14.7 Å². The van der Waals surface area contributed by atoms with Crippen LogP contribution < -0.4 is 9.80 Å². The monoisotopic (exact) mass is 482 g/mol. The molecule has 1 N–H and O–H groups in total. The molecule has 1 saturated heterocycles. The molecule has 4 heterocycles. The van der Waals surface area contributed by atoms with Crippen molar-refractivity contribution in [2.24, 2.45) is 15.4 Å². The van der Waals surface area contributed by atoms with Crippen molar-refractivity contribution in [1.82, 2.24) is 15.0 Å². The van der Waals surface area contributed by atoms with E-state index in [9.17, 15) is 9.59 Å². The van der Waals surface area contributed by atoms with Crippen molar-refractivity contribution < 1.29 is 23.8 Å². The highest BCUT2D eigenvalue weighted by molar-refractivity contribution is 5.90. The average molecular weight is 482 g/mol. The van der Waals surface area contributed by atoms with Gasteiger partial charge >= 0.3 is 6.09 Å². The number of anilines is 2. The van der Waals surface area contributed by atoms with Crippen LogP contribution in [0.15, 0.2) is 52.0 Å². The summed E-state index contributed by atoms with van der Waals surface area (Å²) in [5.74, 6) is -0.368. The van der Waals surface area contributed by atoms with Crippen LogP contribution in [0.2, 0.25) is 0 Å². The standard InChI is InChI=1S/C22H23FN8O4/c23-19-9-16(30-12-17(35-22(30)34)11-29-6-5-25-27-29)2-3-18(19)15-1-4-20(24-10-15)28-7-8-31(26-14-28)21(33)13-32/h1-4,9-10,14,17,32H,5-8,11-13H2/t17-/m0/s1. The first-order chi connectivity index (χ1) is 17.0. The molecule has 13 heteroatoms. The van der Waals surface area contributed by atoms with Gasteiger partial charge in [-0.1, -0.05) is 5.22 Å². The Morgan fingerprint density at radius 3 is 2.74 bits per heavy atom. The maximum absolute atomic E-state index is 15.0. The quantitative estimate of drug-likeness (QED) is 0.661. The normalized spacial score (nSPS) is 19.6. The van der Waals surface area contributed by atoms with Crippen molar-refractivity contribution in [3.63, 3.8) is 0 Å². The minimum Gasteiger partial charge on any atom is -0.442 e. The molecule has 0 bridgehead atoms. The number of aliphatic hydroxyl groups excluding tert-OH is 1. The molecule has 3 aliphatic rings. The second-order valence-corrected chi connectivity index (χ2v) is 8.15. The predicted octanol–water partition coefficient (Wildman–Crippen LogP) is 1.48. The molecule has 1 atom stereocenters. The minimum absolute atomic E-state index is 0.304. The highest BCUT2D eigenvalue weighted by Gasteiger charge is 2.34. The fourth-order valence-electron chi connectivity index (χ4n) is 4.04. The van der Waals surface area contributed by atoms with E-state index in [1.807, 2.05) is 0 Å². The van der Waals surface area contributed by atoms with Crippen LogP contribution in [0.25, 0.3) is 11.1 Å². The largest absolute Gasteiger partial charge is 0.442 e. The summed E-state index contributed by atoms with van der Waals surface area (Å²) in [5.41, 5.74) is 1.34. The summed E-state index contributed by atoms with van der Waals surface area (Å²) in [7, 11) is 0. The first kappa shape index (κ1) is 22.7. The van der Waals surface area contributed by atoms with Crippen molar-refractivity contribution in [3.05, 3.63) is 42.3 Å². The van der Waals surface area contributed by atoms with E-state index in [-0.39, 0.29) is 6.10 Å². The number of pyridine rings is 1. The number of aliphatic hydroxyl groups is 1. The van der Waals surface area contributed by atoms with Crippen molar-refractivity contribution in [3.8, 4) is 11.1 Å². The lowest BCUT2D eigenvalue weighted by Crippen LogP contribution is -2.41. The zero-order chi connectivity index (χ0) is 24.4. The molecule has 3 aliphatic heterocycles. The molecule has 0 radical (unpaired) electrons. The van der Waals surface area contributed by atoms with E-state index < -0.39 is 24.4 Å². The van der Waals surface area contributed by atoms with Gasteiger partial charge in [-0.2, -0.15) is 10.2 Å². The summed E-state index contributed by atoms with van der Waals surface area (Å²) in [5, 5.41) is 23.8. The number of hydrogen-bond acceptors (Lipinski definition) is 10. The Morgan fingerprint density at radius 2 is 2.09 bits per heavy atom. The third kappa shape index (κ3) is 4.75. The Bertz CT molecular complexity index is 1170. The molecule has 0 spiro atoms. The maximum atomic E-state index is 15.0. The Balaban J connectivity index is 1.25. The molecule has 0 saturated carbocycles. The molecule has 1 fully saturated rings. The topological polar surface area (TPSA) is 127 Å². The Hall–Kier alpha value is -4.13. The van der Waals surface area contributed by atoms with Crippen molar-refractivity contribution in [2.75, 3.05) is 55.7 Å². The molecule has 35 heavy (non-hydrogen) atoms. The van der Waals surface area contributed by atoms with Gasteiger partial charge < -0.3 is 14.7 Å². The van der Waals surface area contributed by atoms with Gasteiger partial charge in [0.25, 0.3) is 5.91 Å². The van der Waals surface area contributed by atoms with Crippen LogP contribution in [0, 0.1) is 5.82 Å². The van der Waals surface area contributed by atoms with Crippen LogP contribution in [0.5, 0.6) is 0 Å². The molecule has 0 unspecified atom stereocenters. The number of ether oxygens (including phenoxy) is 1. The lowest BCUT2D eigenvalue weighted by Gasteiger charge is -2.27. The smallest absolute Gasteiger partial charge is 0.414 e. The summed E-state index contributed by atoms with van der Waals surface area (Å²) >= 11 is 0. The average Bonchev–Trinajstić information content (AvgIpc) is 3.53. The third-order valence-electron chi connectivity index (χ3n) is 5.86. The van der Waals surface area contributed by atoms with Crippen LogP contribution in [-0.2, 0) is 9.53 Å². The van der Waals surface area contributed by atoms with Gasteiger partial charge in [0, 0.05) is 23.9 Å². The SMILES string of the molecule is O=C(CO)N1CCN(c2ccc(-c3ccc(N4C[C@H](CN5CCN=N5)OC4=O)cc3F)cn2)C=N1. The highest BCUT2D eigenvalue weighted by Crippen LogP contribution is 2.30. The Morgan fingerprint density at radius 1 is 1.20 bits per heavy atom. The molecule has 12 nitrogen and oxygen atoms in total. The zero-order valence-corrected chi connectivity index (χ0v) is 18.7. The summed E-state index contributed by atoms with van der Waals surface area (Å²) in [6.07, 6.45) is 2.12. The number of nitrogens with zero attached hydrogens (tertiary/aromatic N) is 8.